The molecule has 3 rings (SSSR count). The second-order valence-electron chi connectivity index (χ2n) is 5.81. The van der Waals surface area contributed by atoms with E-state index in [1.807, 2.05) is 31.2 Å². The maximum Gasteiger partial charge on any atom is 0.230 e. The minimum Gasteiger partial charge on any atom is -0.497 e. The van der Waals surface area contributed by atoms with Crippen molar-refractivity contribution in [2.45, 2.75) is 18.1 Å². The first kappa shape index (κ1) is 18.9. The zero-order valence-electron chi connectivity index (χ0n) is 14.9. The van der Waals surface area contributed by atoms with Crippen molar-refractivity contribution in [1.82, 2.24) is 20.1 Å². The van der Waals surface area contributed by atoms with E-state index < -0.39 is 0 Å². The molecule has 0 fully saturated rings. The Hall–Kier alpha value is -2.87. The van der Waals surface area contributed by atoms with Crippen LogP contribution in [0.5, 0.6) is 5.75 Å². The molecule has 27 heavy (non-hydrogen) atoms. The summed E-state index contributed by atoms with van der Waals surface area (Å²) < 4.78 is 20.3. The molecular formula is C19H19FN4O2S. The van der Waals surface area contributed by atoms with Gasteiger partial charge in [-0.25, -0.2) is 4.39 Å². The van der Waals surface area contributed by atoms with Gasteiger partial charge in [-0.2, -0.15) is 0 Å². The molecule has 6 nitrogen and oxygen atoms in total. The van der Waals surface area contributed by atoms with Crippen molar-refractivity contribution in [2.75, 3.05) is 12.9 Å². The second kappa shape index (κ2) is 8.68. The number of nitrogens with zero attached hydrogens (tertiary/aromatic N) is 3. The van der Waals surface area contributed by atoms with Crippen LogP contribution in [-0.2, 0) is 4.79 Å². The van der Waals surface area contributed by atoms with Gasteiger partial charge in [-0.15, -0.1) is 10.2 Å². The zero-order valence-corrected chi connectivity index (χ0v) is 15.7. The molecule has 1 unspecified atom stereocenters. The average molecular weight is 386 g/mol. The van der Waals surface area contributed by atoms with Crippen LogP contribution >= 0.6 is 11.8 Å². The molecule has 2 aromatic carbocycles. The van der Waals surface area contributed by atoms with Gasteiger partial charge < -0.3 is 10.1 Å². The molecule has 0 saturated carbocycles. The van der Waals surface area contributed by atoms with Crippen LogP contribution in [0, 0.1) is 5.82 Å². The maximum absolute atomic E-state index is 13.3. The lowest BCUT2D eigenvalue weighted by molar-refractivity contribution is -0.119. The Morgan fingerprint density at radius 3 is 2.78 bits per heavy atom. The van der Waals surface area contributed by atoms with Crippen molar-refractivity contribution < 1.29 is 13.9 Å². The minimum absolute atomic E-state index is 0.166. The first-order chi connectivity index (χ1) is 13.1. The maximum atomic E-state index is 13.3. The number of aromatic nitrogens is 3. The summed E-state index contributed by atoms with van der Waals surface area (Å²) in [7, 11) is 1.61. The van der Waals surface area contributed by atoms with Crippen LogP contribution in [0.25, 0.3) is 5.69 Å². The van der Waals surface area contributed by atoms with Gasteiger partial charge in [-0.3, -0.25) is 9.36 Å². The van der Waals surface area contributed by atoms with E-state index in [0.29, 0.717) is 5.16 Å². The summed E-state index contributed by atoms with van der Waals surface area (Å²) in [6.07, 6.45) is 1.59. The molecule has 0 saturated heterocycles. The third kappa shape index (κ3) is 4.85. The number of hydrogen-bond acceptors (Lipinski definition) is 5. The largest absolute Gasteiger partial charge is 0.497 e. The lowest BCUT2D eigenvalue weighted by Gasteiger charge is -2.14. The molecule has 0 aliphatic rings. The van der Waals surface area contributed by atoms with Gasteiger partial charge in [0.15, 0.2) is 5.16 Å². The summed E-state index contributed by atoms with van der Waals surface area (Å²) in [6, 6.07) is 13.4. The van der Waals surface area contributed by atoms with Gasteiger partial charge in [0.1, 0.15) is 17.9 Å². The van der Waals surface area contributed by atoms with E-state index in [1.165, 1.54) is 23.9 Å². The molecule has 1 heterocycles. The molecule has 0 aliphatic heterocycles. The molecule has 0 spiro atoms. The molecule has 8 heteroatoms. The van der Waals surface area contributed by atoms with Crippen LogP contribution in [0.3, 0.4) is 0 Å². The Balaban J connectivity index is 1.60. The van der Waals surface area contributed by atoms with E-state index in [9.17, 15) is 9.18 Å². The monoisotopic (exact) mass is 386 g/mol. The smallest absolute Gasteiger partial charge is 0.230 e. The first-order valence-corrected chi connectivity index (χ1v) is 9.27. The van der Waals surface area contributed by atoms with Crippen molar-refractivity contribution >= 4 is 17.7 Å². The summed E-state index contributed by atoms with van der Waals surface area (Å²) in [5.41, 5.74) is 1.59. The summed E-state index contributed by atoms with van der Waals surface area (Å²) in [6.45, 7) is 1.82. The fraction of sp³-hybridized carbons (Fsp3) is 0.211. The van der Waals surface area contributed by atoms with Crippen LogP contribution in [0.1, 0.15) is 18.5 Å². The predicted molar refractivity (Wildman–Crippen MR) is 102 cm³/mol. The van der Waals surface area contributed by atoms with Crippen LogP contribution in [0.15, 0.2) is 60.0 Å². The van der Waals surface area contributed by atoms with Gasteiger partial charge in [0, 0.05) is 5.69 Å². The number of halogens is 1. The predicted octanol–water partition coefficient (Wildman–Crippen LogP) is 3.38. The Labute approximate surface area is 160 Å². The summed E-state index contributed by atoms with van der Waals surface area (Å²) >= 11 is 1.28. The molecular weight excluding hydrogens is 367 g/mol. The van der Waals surface area contributed by atoms with Crippen LogP contribution < -0.4 is 10.1 Å². The fourth-order valence-corrected chi connectivity index (χ4v) is 3.26. The fourth-order valence-electron chi connectivity index (χ4n) is 2.52. The van der Waals surface area contributed by atoms with Gasteiger partial charge in [0.2, 0.25) is 5.91 Å². The normalized spacial score (nSPS) is 11.8. The van der Waals surface area contributed by atoms with E-state index in [2.05, 4.69) is 15.5 Å². The van der Waals surface area contributed by atoms with Crippen molar-refractivity contribution in [2.24, 2.45) is 0 Å². The van der Waals surface area contributed by atoms with Gasteiger partial charge in [-0.05, 0) is 48.9 Å². The standard InChI is InChI=1S/C19H19FN4O2S/c1-13(14-4-3-5-15(20)10-14)22-18(25)11-27-19-23-21-12-24(19)16-6-8-17(26-2)9-7-16/h3-10,12-13H,11H2,1-2H3,(H,22,25). The summed E-state index contributed by atoms with van der Waals surface area (Å²) in [5.74, 6) is 0.442. The van der Waals surface area contributed by atoms with Crippen LogP contribution in [-0.4, -0.2) is 33.5 Å². The van der Waals surface area contributed by atoms with Gasteiger partial charge in [0.25, 0.3) is 0 Å². The highest BCUT2D eigenvalue weighted by Gasteiger charge is 2.13. The second-order valence-corrected chi connectivity index (χ2v) is 6.76. The zero-order chi connectivity index (χ0) is 19.2. The summed E-state index contributed by atoms with van der Waals surface area (Å²) in [4.78, 5) is 12.2. The Kier molecular flexibility index (Phi) is 6.08. The van der Waals surface area contributed by atoms with E-state index in [-0.39, 0.29) is 23.5 Å². The van der Waals surface area contributed by atoms with Gasteiger partial charge in [0.05, 0.1) is 18.9 Å². The number of methoxy groups -OCH3 is 1. The van der Waals surface area contributed by atoms with Gasteiger partial charge in [-0.1, -0.05) is 23.9 Å². The molecule has 0 aliphatic carbocycles. The Morgan fingerprint density at radius 2 is 2.07 bits per heavy atom. The molecule has 1 amide bonds. The lowest BCUT2D eigenvalue weighted by atomic mass is 10.1. The van der Waals surface area contributed by atoms with E-state index >= 15 is 0 Å². The highest BCUT2D eigenvalue weighted by Crippen LogP contribution is 2.22. The third-order valence-electron chi connectivity index (χ3n) is 3.93. The molecule has 0 radical (unpaired) electrons. The Morgan fingerprint density at radius 1 is 1.30 bits per heavy atom. The van der Waals surface area contributed by atoms with Crippen molar-refractivity contribution in [3.63, 3.8) is 0 Å². The number of hydrogen-bond donors (Lipinski definition) is 1. The quantitative estimate of drug-likeness (QED) is 0.631. The molecule has 140 valence electrons. The number of ether oxygens (including phenoxy) is 1. The van der Waals surface area contributed by atoms with E-state index in [0.717, 1.165) is 17.0 Å². The van der Waals surface area contributed by atoms with E-state index in [1.54, 1.807) is 30.1 Å². The Bertz CT molecular complexity index is 914. The van der Waals surface area contributed by atoms with E-state index in [4.69, 9.17) is 4.74 Å². The average Bonchev–Trinajstić information content (AvgIpc) is 3.15. The van der Waals surface area contributed by atoms with Crippen molar-refractivity contribution in [3.8, 4) is 11.4 Å². The highest BCUT2D eigenvalue weighted by molar-refractivity contribution is 7.99. The summed E-state index contributed by atoms with van der Waals surface area (Å²) in [5, 5.41) is 11.5. The highest BCUT2D eigenvalue weighted by atomic mass is 32.2. The number of rotatable bonds is 7. The molecule has 3 aromatic rings. The topological polar surface area (TPSA) is 69.0 Å². The number of benzene rings is 2. The number of amides is 1. The molecule has 1 N–H and O–H groups in total. The number of carbonyl (C=O) groups is 1. The third-order valence-corrected chi connectivity index (χ3v) is 4.87. The minimum atomic E-state index is -0.324. The number of thioether (sulfide) groups is 1. The number of nitrogens with one attached hydrogen (secondary N) is 1. The first-order valence-electron chi connectivity index (χ1n) is 8.29. The molecule has 1 aromatic heterocycles. The van der Waals surface area contributed by atoms with Crippen molar-refractivity contribution in [3.05, 3.63) is 66.2 Å². The molecule has 0 bridgehead atoms. The van der Waals surface area contributed by atoms with Crippen molar-refractivity contribution in [1.29, 1.82) is 0 Å². The van der Waals surface area contributed by atoms with Gasteiger partial charge >= 0.3 is 0 Å². The number of carbonyl (C=O) groups excluding carboxylic acids is 1. The lowest BCUT2D eigenvalue weighted by Crippen LogP contribution is -2.28. The van der Waals surface area contributed by atoms with Crippen LogP contribution in [0.4, 0.5) is 4.39 Å². The van der Waals surface area contributed by atoms with Crippen LogP contribution in [0.2, 0.25) is 0 Å². The SMILES string of the molecule is COc1ccc(-n2cnnc2SCC(=O)NC(C)c2cccc(F)c2)cc1. The molecule has 1 atom stereocenters.